The minimum Gasteiger partial charge on any atom is -0.466 e. The summed E-state index contributed by atoms with van der Waals surface area (Å²) in [6, 6.07) is 0.504. The van der Waals surface area contributed by atoms with Crippen molar-refractivity contribution in [2.24, 2.45) is 5.92 Å². The third-order valence-electron chi connectivity index (χ3n) is 5.53. The highest BCUT2D eigenvalue weighted by Gasteiger charge is 2.20. The largest absolute Gasteiger partial charge is 0.466 e. The van der Waals surface area contributed by atoms with Crippen LogP contribution in [0.15, 0.2) is 30.2 Å². The second-order valence-electron chi connectivity index (χ2n) is 9.50. The molecule has 1 aliphatic carbocycles. The van der Waals surface area contributed by atoms with Crippen molar-refractivity contribution in [2.75, 3.05) is 7.11 Å². The average molecular weight is 431 g/mol. The van der Waals surface area contributed by atoms with Crippen molar-refractivity contribution in [3.05, 3.63) is 35.9 Å². The summed E-state index contributed by atoms with van der Waals surface area (Å²) in [4.78, 5) is 28.4. The molecule has 1 saturated carbocycles. The molecule has 0 amide bonds. The molecule has 2 rings (SSSR count). The number of hydrogen-bond acceptors (Lipinski definition) is 5. The van der Waals surface area contributed by atoms with Gasteiger partial charge in [-0.25, -0.2) is 14.6 Å². The summed E-state index contributed by atoms with van der Waals surface area (Å²) in [5.41, 5.74) is 0.939. The molecular weight excluding hydrogens is 392 g/mol. The van der Waals surface area contributed by atoms with Gasteiger partial charge in [-0.1, -0.05) is 13.0 Å². The summed E-state index contributed by atoms with van der Waals surface area (Å²) in [6.07, 6.45) is 17.0. The average Bonchev–Trinajstić information content (AvgIpc) is 3.16. The highest BCUT2D eigenvalue weighted by Crippen LogP contribution is 2.32. The van der Waals surface area contributed by atoms with Crippen molar-refractivity contribution >= 4 is 18.0 Å². The van der Waals surface area contributed by atoms with Gasteiger partial charge in [-0.3, -0.25) is 0 Å². The van der Waals surface area contributed by atoms with Crippen LogP contribution >= 0.6 is 0 Å². The Labute approximate surface area is 186 Å². The molecule has 6 nitrogen and oxygen atoms in total. The minimum absolute atomic E-state index is 0.315. The Hall–Kier alpha value is -2.37. The Morgan fingerprint density at radius 1 is 1.19 bits per heavy atom. The standard InChI is InChI=1S/C25H38N2O4/c1-19-12-14-22(15-13-19)27-17-21(26-18-27)16-20(24(29)30-5)10-8-6-7-9-11-23(28)31-25(2,3)4/h9,11,16-19,22H,6-8,10,12-15H2,1-5H3/b11-9+,20-16+. The van der Waals surface area contributed by atoms with E-state index in [0.29, 0.717) is 18.0 Å². The molecule has 0 atom stereocenters. The summed E-state index contributed by atoms with van der Waals surface area (Å²) in [5.74, 6) is 0.167. The first-order valence-electron chi connectivity index (χ1n) is 11.4. The molecule has 0 saturated heterocycles. The van der Waals surface area contributed by atoms with Gasteiger partial charge in [0.15, 0.2) is 0 Å². The Morgan fingerprint density at radius 2 is 1.90 bits per heavy atom. The van der Waals surface area contributed by atoms with E-state index < -0.39 is 5.60 Å². The molecule has 0 radical (unpaired) electrons. The van der Waals surface area contributed by atoms with E-state index in [1.807, 2.05) is 45.4 Å². The molecule has 6 heteroatoms. The maximum atomic E-state index is 12.2. The molecule has 172 valence electrons. The lowest BCUT2D eigenvalue weighted by Crippen LogP contribution is -2.22. The second-order valence-corrected chi connectivity index (χ2v) is 9.50. The molecule has 31 heavy (non-hydrogen) atoms. The molecule has 0 unspecified atom stereocenters. The molecular formula is C25H38N2O4. The van der Waals surface area contributed by atoms with E-state index in [4.69, 9.17) is 9.47 Å². The number of rotatable bonds is 9. The zero-order chi connectivity index (χ0) is 22.9. The molecule has 0 spiro atoms. The summed E-state index contributed by atoms with van der Waals surface area (Å²) >= 11 is 0. The second kappa shape index (κ2) is 11.9. The summed E-state index contributed by atoms with van der Waals surface area (Å²) in [6.45, 7) is 7.85. The van der Waals surface area contributed by atoms with Gasteiger partial charge in [-0.15, -0.1) is 0 Å². The van der Waals surface area contributed by atoms with Crippen LogP contribution in [-0.2, 0) is 19.1 Å². The number of imidazole rings is 1. The lowest BCUT2D eigenvalue weighted by Gasteiger charge is -2.26. The Balaban J connectivity index is 1.86. The summed E-state index contributed by atoms with van der Waals surface area (Å²) < 4.78 is 12.4. The van der Waals surface area contributed by atoms with E-state index in [9.17, 15) is 9.59 Å². The van der Waals surface area contributed by atoms with Gasteiger partial charge in [0.05, 0.1) is 19.1 Å². The first kappa shape index (κ1) is 24.9. The van der Waals surface area contributed by atoms with Gasteiger partial charge in [-0.2, -0.15) is 0 Å². The SMILES string of the molecule is COC(=O)/C(=C/c1cn(C2CCC(C)CC2)cn1)CCCC/C=C/C(=O)OC(C)(C)C. The third kappa shape index (κ3) is 9.11. The van der Waals surface area contributed by atoms with Gasteiger partial charge in [0.1, 0.15) is 5.60 Å². The molecule has 0 N–H and O–H groups in total. The van der Waals surface area contributed by atoms with Crippen LogP contribution in [0.1, 0.15) is 90.8 Å². The lowest BCUT2D eigenvalue weighted by atomic mass is 9.87. The van der Waals surface area contributed by atoms with E-state index >= 15 is 0 Å². The molecule has 1 aromatic rings. The monoisotopic (exact) mass is 430 g/mol. The lowest BCUT2D eigenvalue weighted by molar-refractivity contribution is -0.148. The number of carbonyl (C=O) groups is 2. The van der Waals surface area contributed by atoms with E-state index in [1.165, 1.54) is 38.9 Å². The van der Waals surface area contributed by atoms with Crippen LogP contribution in [0.5, 0.6) is 0 Å². The molecule has 0 bridgehead atoms. The van der Waals surface area contributed by atoms with E-state index in [0.717, 1.165) is 30.9 Å². The Kier molecular flexibility index (Phi) is 9.53. The van der Waals surface area contributed by atoms with Crippen LogP contribution in [0.4, 0.5) is 0 Å². The first-order valence-corrected chi connectivity index (χ1v) is 11.4. The van der Waals surface area contributed by atoms with Gasteiger partial charge in [0.25, 0.3) is 0 Å². The minimum atomic E-state index is -0.482. The van der Waals surface area contributed by atoms with Crippen LogP contribution in [0.2, 0.25) is 0 Å². The van der Waals surface area contributed by atoms with Crippen molar-refractivity contribution in [1.82, 2.24) is 9.55 Å². The number of unbranched alkanes of at least 4 members (excludes halogenated alkanes) is 2. The van der Waals surface area contributed by atoms with Gasteiger partial charge in [0, 0.05) is 23.9 Å². The van der Waals surface area contributed by atoms with Crippen molar-refractivity contribution in [1.29, 1.82) is 0 Å². The number of ether oxygens (including phenoxy) is 2. The van der Waals surface area contributed by atoms with Gasteiger partial charge < -0.3 is 14.0 Å². The molecule has 0 aromatic carbocycles. The summed E-state index contributed by atoms with van der Waals surface area (Å²) in [5, 5.41) is 0. The van der Waals surface area contributed by atoms with Crippen molar-refractivity contribution < 1.29 is 19.1 Å². The van der Waals surface area contributed by atoms with Crippen molar-refractivity contribution in [3.8, 4) is 0 Å². The topological polar surface area (TPSA) is 70.4 Å². The fourth-order valence-electron chi connectivity index (χ4n) is 3.80. The number of esters is 2. The zero-order valence-corrected chi connectivity index (χ0v) is 19.7. The van der Waals surface area contributed by atoms with E-state index in [2.05, 4.69) is 16.5 Å². The maximum Gasteiger partial charge on any atom is 0.333 e. The normalized spacial score (nSPS) is 20.1. The van der Waals surface area contributed by atoms with Crippen molar-refractivity contribution in [3.63, 3.8) is 0 Å². The number of methoxy groups -OCH3 is 1. The Morgan fingerprint density at radius 3 is 2.55 bits per heavy atom. The molecule has 1 aliphatic rings. The van der Waals surface area contributed by atoms with Crippen LogP contribution in [-0.4, -0.2) is 34.2 Å². The van der Waals surface area contributed by atoms with Crippen LogP contribution in [0.25, 0.3) is 6.08 Å². The smallest absolute Gasteiger partial charge is 0.333 e. The van der Waals surface area contributed by atoms with Gasteiger partial charge >= 0.3 is 11.9 Å². The van der Waals surface area contributed by atoms with E-state index in [-0.39, 0.29) is 11.9 Å². The van der Waals surface area contributed by atoms with Crippen LogP contribution in [0, 0.1) is 5.92 Å². The predicted molar refractivity (Wildman–Crippen MR) is 122 cm³/mol. The molecule has 0 aliphatic heterocycles. The van der Waals surface area contributed by atoms with Crippen molar-refractivity contribution in [2.45, 2.75) is 90.7 Å². The zero-order valence-electron chi connectivity index (χ0n) is 19.7. The highest BCUT2D eigenvalue weighted by atomic mass is 16.6. The van der Waals surface area contributed by atoms with E-state index in [1.54, 1.807) is 0 Å². The van der Waals surface area contributed by atoms with Gasteiger partial charge in [0.2, 0.25) is 0 Å². The van der Waals surface area contributed by atoms with Crippen LogP contribution in [0.3, 0.4) is 0 Å². The number of allylic oxidation sites excluding steroid dienone is 1. The molecule has 1 fully saturated rings. The quantitative estimate of drug-likeness (QED) is 0.288. The van der Waals surface area contributed by atoms with Gasteiger partial charge in [-0.05, 0) is 84.1 Å². The third-order valence-corrected chi connectivity index (χ3v) is 5.53. The Bertz CT molecular complexity index is 778. The molecule has 1 heterocycles. The predicted octanol–water partition coefficient (Wildman–Crippen LogP) is 5.65. The fraction of sp³-hybridized carbons (Fsp3) is 0.640. The number of hydrogen-bond donors (Lipinski definition) is 0. The molecule has 1 aromatic heterocycles. The fourth-order valence-corrected chi connectivity index (χ4v) is 3.80. The first-order chi connectivity index (χ1) is 14.7. The maximum absolute atomic E-state index is 12.2. The number of aromatic nitrogens is 2. The van der Waals surface area contributed by atoms with Crippen LogP contribution < -0.4 is 0 Å². The number of carbonyl (C=O) groups excluding carboxylic acids is 2. The highest BCUT2D eigenvalue weighted by molar-refractivity contribution is 5.93. The number of nitrogens with zero attached hydrogens (tertiary/aromatic N) is 2. The summed E-state index contributed by atoms with van der Waals surface area (Å²) in [7, 11) is 1.40.